The molecule has 2 rings (SSSR count). The molecule has 1 fully saturated rings. The first-order chi connectivity index (χ1) is 9.35. The maximum atomic E-state index is 5.41. The van der Waals surface area contributed by atoms with Crippen LogP contribution in [0.15, 0.2) is 6.33 Å². The van der Waals surface area contributed by atoms with Gasteiger partial charge in [-0.25, -0.2) is 9.97 Å². The highest BCUT2D eigenvalue weighted by Crippen LogP contribution is 2.33. The van der Waals surface area contributed by atoms with Gasteiger partial charge in [0.05, 0.1) is 7.11 Å². The molecule has 0 saturated heterocycles. The average molecular weight is 264 g/mol. The van der Waals surface area contributed by atoms with Gasteiger partial charge in [0.2, 0.25) is 5.75 Å². The van der Waals surface area contributed by atoms with E-state index in [0.717, 1.165) is 37.1 Å². The Morgan fingerprint density at radius 1 is 1.21 bits per heavy atom. The van der Waals surface area contributed by atoms with Gasteiger partial charge in [-0.2, -0.15) is 0 Å². The number of methoxy groups -OCH3 is 1. The number of anilines is 2. The van der Waals surface area contributed by atoms with E-state index in [1.165, 1.54) is 25.7 Å². The van der Waals surface area contributed by atoms with Crippen molar-refractivity contribution in [2.75, 3.05) is 30.8 Å². The number of aromatic nitrogens is 2. The van der Waals surface area contributed by atoms with Crippen LogP contribution in [0, 0.1) is 5.92 Å². The maximum absolute atomic E-state index is 5.41. The van der Waals surface area contributed by atoms with E-state index in [9.17, 15) is 0 Å². The smallest absolute Gasteiger partial charge is 0.204 e. The number of hydrogen-bond donors (Lipinski definition) is 2. The molecule has 0 atom stereocenters. The van der Waals surface area contributed by atoms with Gasteiger partial charge in [0, 0.05) is 13.1 Å². The predicted octanol–water partition coefficient (Wildman–Crippen LogP) is 2.91. The van der Waals surface area contributed by atoms with E-state index in [1.807, 2.05) is 0 Å². The van der Waals surface area contributed by atoms with Crippen LogP contribution < -0.4 is 15.4 Å². The van der Waals surface area contributed by atoms with Gasteiger partial charge in [-0.3, -0.25) is 0 Å². The molecule has 1 saturated carbocycles. The Kier molecular flexibility index (Phi) is 5.24. The molecule has 1 aliphatic carbocycles. The minimum atomic E-state index is 0.711. The van der Waals surface area contributed by atoms with Crippen molar-refractivity contribution in [2.45, 2.75) is 39.0 Å². The monoisotopic (exact) mass is 264 g/mol. The summed E-state index contributed by atoms with van der Waals surface area (Å²) in [5.74, 6) is 3.24. The zero-order valence-corrected chi connectivity index (χ0v) is 11.9. The Morgan fingerprint density at radius 2 is 1.89 bits per heavy atom. The van der Waals surface area contributed by atoms with E-state index in [-0.39, 0.29) is 0 Å². The fourth-order valence-corrected chi connectivity index (χ4v) is 2.07. The molecule has 1 aliphatic rings. The lowest BCUT2D eigenvalue weighted by Crippen LogP contribution is -2.09. The van der Waals surface area contributed by atoms with E-state index in [4.69, 9.17) is 4.74 Å². The highest BCUT2D eigenvalue weighted by Gasteiger charge is 2.20. The summed E-state index contributed by atoms with van der Waals surface area (Å²) in [6, 6.07) is 0. The summed E-state index contributed by atoms with van der Waals surface area (Å²) in [6.07, 6.45) is 7.97. The third-order valence-electron chi connectivity index (χ3n) is 3.33. The fraction of sp³-hybridized carbons (Fsp3) is 0.714. The number of ether oxygens (including phenoxy) is 1. The predicted molar refractivity (Wildman–Crippen MR) is 77.8 cm³/mol. The van der Waals surface area contributed by atoms with E-state index >= 15 is 0 Å². The number of hydrogen-bond acceptors (Lipinski definition) is 5. The normalized spacial score (nSPS) is 14.2. The average Bonchev–Trinajstić information content (AvgIpc) is 3.25. The number of nitrogens with one attached hydrogen (secondary N) is 2. The van der Waals surface area contributed by atoms with Crippen LogP contribution in [0.25, 0.3) is 0 Å². The Hall–Kier alpha value is -1.52. The van der Waals surface area contributed by atoms with Crippen molar-refractivity contribution in [2.24, 2.45) is 5.92 Å². The van der Waals surface area contributed by atoms with Crippen LogP contribution in [0.3, 0.4) is 0 Å². The van der Waals surface area contributed by atoms with Crippen LogP contribution in [0.2, 0.25) is 0 Å². The molecular weight excluding hydrogens is 240 g/mol. The van der Waals surface area contributed by atoms with Crippen molar-refractivity contribution < 1.29 is 4.74 Å². The lowest BCUT2D eigenvalue weighted by Gasteiger charge is -2.13. The van der Waals surface area contributed by atoms with Crippen LogP contribution in [0.4, 0.5) is 11.6 Å². The SMILES string of the molecule is CCCNc1ncnc(NCCCC2CC2)c1OC. The first kappa shape index (κ1) is 13.9. The molecule has 5 heteroatoms. The highest BCUT2D eigenvalue weighted by atomic mass is 16.5. The van der Waals surface area contributed by atoms with Crippen molar-refractivity contribution in [3.63, 3.8) is 0 Å². The lowest BCUT2D eigenvalue weighted by molar-refractivity contribution is 0.414. The summed E-state index contributed by atoms with van der Waals surface area (Å²) in [7, 11) is 1.66. The highest BCUT2D eigenvalue weighted by molar-refractivity contribution is 5.63. The molecule has 0 aromatic carbocycles. The minimum absolute atomic E-state index is 0.711. The molecule has 1 aromatic rings. The molecule has 0 bridgehead atoms. The molecule has 19 heavy (non-hydrogen) atoms. The Bertz CT molecular complexity index is 393. The second kappa shape index (κ2) is 7.16. The summed E-state index contributed by atoms with van der Waals surface area (Å²) in [5.41, 5.74) is 0. The van der Waals surface area contributed by atoms with E-state index in [2.05, 4.69) is 27.5 Å². The zero-order valence-electron chi connectivity index (χ0n) is 11.9. The molecule has 5 nitrogen and oxygen atoms in total. The van der Waals surface area contributed by atoms with Crippen LogP contribution in [0.1, 0.15) is 39.0 Å². The maximum Gasteiger partial charge on any atom is 0.204 e. The van der Waals surface area contributed by atoms with Gasteiger partial charge in [-0.15, -0.1) is 0 Å². The van der Waals surface area contributed by atoms with Crippen LogP contribution in [-0.2, 0) is 0 Å². The first-order valence-electron chi connectivity index (χ1n) is 7.21. The van der Waals surface area contributed by atoms with Crippen molar-refractivity contribution in [1.29, 1.82) is 0 Å². The van der Waals surface area contributed by atoms with Gasteiger partial charge in [0.15, 0.2) is 11.6 Å². The molecule has 0 radical (unpaired) electrons. The third-order valence-corrected chi connectivity index (χ3v) is 3.33. The van der Waals surface area contributed by atoms with Gasteiger partial charge < -0.3 is 15.4 Å². The topological polar surface area (TPSA) is 59.1 Å². The summed E-state index contributed by atoms with van der Waals surface area (Å²) in [4.78, 5) is 8.49. The standard InChI is InChI=1S/C14H24N4O/c1-3-8-15-13-12(19-2)14(18-10-17-13)16-9-4-5-11-6-7-11/h10-11H,3-9H2,1-2H3,(H2,15,16,17,18). The molecule has 0 aliphatic heterocycles. The van der Waals surface area contributed by atoms with Crippen LogP contribution in [-0.4, -0.2) is 30.2 Å². The third kappa shape index (κ3) is 4.26. The summed E-state index contributed by atoms with van der Waals surface area (Å²) in [6.45, 7) is 3.95. The molecule has 0 amide bonds. The Labute approximate surface area is 115 Å². The van der Waals surface area contributed by atoms with Gasteiger partial charge in [-0.05, 0) is 25.2 Å². The summed E-state index contributed by atoms with van der Waals surface area (Å²) in [5, 5.41) is 6.60. The summed E-state index contributed by atoms with van der Waals surface area (Å²) >= 11 is 0. The van der Waals surface area contributed by atoms with Crippen LogP contribution in [0.5, 0.6) is 5.75 Å². The van der Waals surface area contributed by atoms with Crippen molar-refractivity contribution in [3.8, 4) is 5.75 Å². The van der Waals surface area contributed by atoms with Crippen LogP contribution >= 0.6 is 0 Å². The Morgan fingerprint density at radius 3 is 2.47 bits per heavy atom. The van der Waals surface area contributed by atoms with E-state index in [0.29, 0.717) is 5.75 Å². The largest absolute Gasteiger partial charge is 0.490 e. The second-order valence-electron chi connectivity index (χ2n) is 5.04. The molecule has 1 heterocycles. The fourth-order valence-electron chi connectivity index (χ4n) is 2.07. The number of rotatable bonds is 9. The van der Waals surface area contributed by atoms with Crippen molar-refractivity contribution in [3.05, 3.63) is 6.33 Å². The van der Waals surface area contributed by atoms with Crippen molar-refractivity contribution in [1.82, 2.24) is 9.97 Å². The second-order valence-corrected chi connectivity index (χ2v) is 5.04. The van der Waals surface area contributed by atoms with Gasteiger partial charge in [0.1, 0.15) is 6.33 Å². The summed E-state index contributed by atoms with van der Waals surface area (Å²) < 4.78 is 5.41. The van der Waals surface area contributed by atoms with E-state index in [1.54, 1.807) is 13.4 Å². The zero-order chi connectivity index (χ0) is 13.5. The molecule has 2 N–H and O–H groups in total. The Balaban J connectivity index is 1.89. The number of nitrogens with zero attached hydrogens (tertiary/aromatic N) is 2. The van der Waals surface area contributed by atoms with Crippen molar-refractivity contribution >= 4 is 11.6 Å². The first-order valence-corrected chi connectivity index (χ1v) is 7.21. The minimum Gasteiger partial charge on any atom is -0.490 e. The van der Waals surface area contributed by atoms with Gasteiger partial charge in [0.25, 0.3) is 0 Å². The van der Waals surface area contributed by atoms with Gasteiger partial charge in [-0.1, -0.05) is 19.8 Å². The molecule has 106 valence electrons. The molecular formula is C14H24N4O. The van der Waals surface area contributed by atoms with Gasteiger partial charge >= 0.3 is 0 Å². The molecule has 0 spiro atoms. The molecule has 0 unspecified atom stereocenters. The quantitative estimate of drug-likeness (QED) is 0.672. The molecule has 1 aromatic heterocycles. The van der Waals surface area contributed by atoms with E-state index < -0.39 is 0 Å². The lowest BCUT2D eigenvalue weighted by atomic mass is 10.2.